The standard InChI is InChI=1S/C21H31N5O3/c1-3-13-25-16-15(17(27)26(14-4-2)19(25)28)23-18(24-16)21-8-5-20(6-9-21,7-10-21)11-12-22-29/h12,29H,3-11,13-14H2,1-2H3,(H,23,24)/b22-12+. The van der Waals surface area contributed by atoms with Crippen LogP contribution in [-0.4, -0.2) is 30.5 Å². The minimum absolute atomic E-state index is 0.0494. The molecule has 8 heteroatoms. The monoisotopic (exact) mass is 401 g/mol. The van der Waals surface area contributed by atoms with E-state index >= 15 is 0 Å². The number of oxime groups is 1. The lowest BCUT2D eigenvalue weighted by Crippen LogP contribution is -2.44. The van der Waals surface area contributed by atoms with Crippen LogP contribution in [0.15, 0.2) is 14.7 Å². The second kappa shape index (κ2) is 7.46. The maximum atomic E-state index is 13.0. The van der Waals surface area contributed by atoms with Crippen LogP contribution < -0.4 is 11.2 Å². The number of nitrogens with zero attached hydrogens (tertiary/aromatic N) is 4. The third-order valence-electron chi connectivity index (χ3n) is 7.27. The topological polar surface area (TPSA) is 105 Å². The van der Waals surface area contributed by atoms with Gasteiger partial charge in [-0.2, -0.15) is 0 Å². The van der Waals surface area contributed by atoms with E-state index in [1.54, 1.807) is 10.8 Å². The molecular weight excluding hydrogens is 370 g/mol. The summed E-state index contributed by atoms with van der Waals surface area (Å²) in [5, 5.41) is 12.0. The first-order valence-corrected chi connectivity index (χ1v) is 10.9. The molecule has 2 N–H and O–H groups in total. The van der Waals surface area contributed by atoms with Gasteiger partial charge in [0.1, 0.15) is 11.3 Å². The fourth-order valence-corrected chi connectivity index (χ4v) is 5.42. The molecule has 2 bridgehead atoms. The van der Waals surface area contributed by atoms with Crippen LogP contribution in [0.5, 0.6) is 0 Å². The Labute approximate surface area is 169 Å². The van der Waals surface area contributed by atoms with Crippen molar-refractivity contribution < 1.29 is 5.21 Å². The van der Waals surface area contributed by atoms with Gasteiger partial charge in [-0.1, -0.05) is 13.8 Å². The Morgan fingerprint density at radius 3 is 2.28 bits per heavy atom. The highest BCUT2D eigenvalue weighted by Gasteiger charge is 2.50. The zero-order valence-corrected chi connectivity index (χ0v) is 17.4. The number of fused-ring (bicyclic) bond motifs is 4. The van der Waals surface area contributed by atoms with Crippen LogP contribution in [0.25, 0.3) is 11.2 Å². The molecule has 0 aliphatic heterocycles. The van der Waals surface area contributed by atoms with Gasteiger partial charge in [0, 0.05) is 24.7 Å². The number of aryl methyl sites for hydroxylation is 1. The maximum absolute atomic E-state index is 13.0. The lowest BCUT2D eigenvalue weighted by Gasteiger charge is -2.52. The van der Waals surface area contributed by atoms with Crippen molar-refractivity contribution in [1.29, 1.82) is 0 Å². The number of hydrogen-bond acceptors (Lipinski definition) is 5. The first kappa shape index (κ1) is 19.9. The third-order valence-corrected chi connectivity index (χ3v) is 7.27. The zero-order chi connectivity index (χ0) is 20.6. The number of imidazole rings is 1. The molecule has 3 aliphatic rings. The predicted octanol–water partition coefficient (Wildman–Crippen LogP) is 3.15. The Morgan fingerprint density at radius 2 is 1.69 bits per heavy atom. The van der Waals surface area contributed by atoms with Crippen molar-refractivity contribution >= 4 is 17.4 Å². The molecule has 2 heterocycles. The molecule has 8 nitrogen and oxygen atoms in total. The van der Waals surface area contributed by atoms with Crippen LogP contribution in [0.1, 0.15) is 77.5 Å². The number of rotatable bonds is 7. The second-order valence-corrected chi connectivity index (χ2v) is 8.96. The number of hydrogen-bond donors (Lipinski definition) is 2. The summed E-state index contributed by atoms with van der Waals surface area (Å²) in [6.07, 6.45) is 10.2. The summed E-state index contributed by atoms with van der Waals surface area (Å²) in [6, 6.07) is 0. The van der Waals surface area contributed by atoms with Crippen LogP contribution >= 0.6 is 0 Å². The van der Waals surface area contributed by atoms with Crippen molar-refractivity contribution in [1.82, 2.24) is 19.1 Å². The highest BCUT2D eigenvalue weighted by atomic mass is 16.4. The molecule has 5 rings (SSSR count). The van der Waals surface area contributed by atoms with Crippen LogP contribution in [0.2, 0.25) is 0 Å². The molecule has 3 saturated carbocycles. The second-order valence-electron chi connectivity index (χ2n) is 8.96. The van der Waals surface area contributed by atoms with Gasteiger partial charge in [-0.15, -0.1) is 5.16 Å². The van der Waals surface area contributed by atoms with E-state index in [-0.39, 0.29) is 22.1 Å². The first-order valence-electron chi connectivity index (χ1n) is 10.9. The molecule has 0 amide bonds. The van der Waals surface area contributed by atoms with Gasteiger partial charge in [0.05, 0.1) is 0 Å². The summed E-state index contributed by atoms with van der Waals surface area (Å²) in [7, 11) is 0. The van der Waals surface area contributed by atoms with Gasteiger partial charge in [-0.3, -0.25) is 13.9 Å². The molecule has 0 spiro atoms. The molecule has 0 aromatic carbocycles. The highest BCUT2D eigenvalue weighted by Crippen LogP contribution is 2.58. The van der Waals surface area contributed by atoms with E-state index in [9.17, 15) is 9.59 Å². The Kier molecular flexibility index (Phi) is 5.12. The molecule has 0 unspecified atom stereocenters. The van der Waals surface area contributed by atoms with E-state index in [0.717, 1.165) is 63.6 Å². The molecule has 2 aromatic rings. The zero-order valence-electron chi connectivity index (χ0n) is 17.4. The number of aromatic nitrogens is 4. The van der Waals surface area contributed by atoms with E-state index in [0.29, 0.717) is 24.3 Å². The number of nitrogens with one attached hydrogen (secondary N) is 1. The van der Waals surface area contributed by atoms with Crippen LogP contribution in [0.3, 0.4) is 0 Å². The van der Waals surface area contributed by atoms with Crippen LogP contribution in [0, 0.1) is 5.41 Å². The molecule has 29 heavy (non-hydrogen) atoms. The Bertz CT molecular complexity index is 1020. The maximum Gasteiger partial charge on any atom is 0.332 e. The van der Waals surface area contributed by atoms with Gasteiger partial charge >= 0.3 is 5.69 Å². The van der Waals surface area contributed by atoms with Crippen LogP contribution in [0.4, 0.5) is 0 Å². The van der Waals surface area contributed by atoms with Gasteiger partial charge < -0.3 is 10.2 Å². The predicted molar refractivity (Wildman–Crippen MR) is 112 cm³/mol. The normalized spacial score (nSPS) is 26.7. The lowest BCUT2D eigenvalue weighted by molar-refractivity contribution is 0.0421. The summed E-state index contributed by atoms with van der Waals surface area (Å²) < 4.78 is 3.01. The number of aromatic amines is 1. The average molecular weight is 402 g/mol. The summed E-state index contributed by atoms with van der Waals surface area (Å²) in [5.74, 6) is 0.868. The average Bonchev–Trinajstić information content (AvgIpc) is 3.20. The molecule has 0 saturated heterocycles. The van der Waals surface area contributed by atoms with Crippen LogP contribution in [-0.2, 0) is 18.5 Å². The van der Waals surface area contributed by atoms with E-state index < -0.39 is 0 Å². The van der Waals surface area contributed by atoms with Gasteiger partial charge in [0.2, 0.25) is 0 Å². The minimum Gasteiger partial charge on any atom is -0.411 e. The molecule has 3 aliphatic carbocycles. The molecular formula is C21H31N5O3. The van der Waals surface area contributed by atoms with Gasteiger partial charge in [-0.25, -0.2) is 9.78 Å². The van der Waals surface area contributed by atoms with Crippen molar-refractivity contribution in [3.8, 4) is 0 Å². The Hall–Kier alpha value is -2.38. The first-order chi connectivity index (χ1) is 14.0. The van der Waals surface area contributed by atoms with E-state index in [2.05, 4.69) is 10.1 Å². The molecule has 3 fully saturated rings. The van der Waals surface area contributed by atoms with Gasteiger partial charge in [0.15, 0.2) is 5.65 Å². The third kappa shape index (κ3) is 3.13. The smallest absolute Gasteiger partial charge is 0.332 e. The molecule has 158 valence electrons. The fraction of sp³-hybridized carbons (Fsp3) is 0.714. The van der Waals surface area contributed by atoms with E-state index in [4.69, 9.17) is 10.2 Å². The van der Waals surface area contributed by atoms with Crippen molar-refractivity contribution in [3.63, 3.8) is 0 Å². The summed E-state index contributed by atoms with van der Waals surface area (Å²) >= 11 is 0. The summed E-state index contributed by atoms with van der Waals surface area (Å²) in [4.78, 5) is 34.1. The fourth-order valence-electron chi connectivity index (χ4n) is 5.42. The lowest BCUT2D eigenvalue weighted by atomic mass is 9.52. The summed E-state index contributed by atoms with van der Waals surface area (Å²) in [6.45, 7) is 4.97. The quantitative estimate of drug-likeness (QED) is 0.422. The summed E-state index contributed by atoms with van der Waals surface area (Å²) in [5.41, 5.74) is 0.648. The van der Waals surface area contributed by atoms with Crippen molar-refractivity contribution in [2.45, 2.75) is 90.1 Å². The van der Waals surface area contributed by atoms with Crippen molar-refractivity contribution in [2.75, 3.05) is 0 Å². The Balaban J connectivity index is 1.77. The highest BCUT2D eigenvalue weighted by molar-refractivity contribution is 5.70. The van der Waals surface area contributed by atoms with Gasteiger partial charge in [-0.05, 0) is 63.2 Å². The molecule has 0 atom stereocenters. The van der Waals surface area contributed by atoms with Crippen molar-refractivity contribution in [3.05, 3.63) is 26.7 Å². The number of H-pyrrole nitrogens is 1. The van der Waals surface area contributed by atoms with E-state index in [1.807, 2.05) is 13.8 Å². The minimum atomic E-state index is -0.255. The Morgan fingerprint density at radius 1 is 1.07 bits per heavy atom. The van der Waals surface area contributed by atoms with Crippen molar-refractivity contribution in [2.24, 2.45) is 10.6 Å². The molecule has 0 radical (unpaired) electrons. The molecule has 2 aromatic heterocycles. The van der Waals surface area contributed by atoms with E-state index in [1.165, 1.54) is 4.57 Å². The van der Waals surface area contributed by atoms with Gasteiger partial charge in [0.25, 0.3) is 5.56 Å². The largest absolute Gasteiger partial charge is 0.411 e. The SMILES string of the molecule is CCCn1c(=O)c2[nH]c(C34CCC(C/C=N/O)(CC3)CC4)nc2n(CCC)c1=O.